The molecular formula is C15H9NO. The molecule has 2 aromatic carbocycles. The molecule has 80 valence electrons. The molecule has 0 amide bonds. The number of nitrogens with zero attached hydrogens (tertiary/aromatic N) is 1. The van der Waals surface area contributed by atoms with E-state index in [1.165, 1.54) is 0 Å². The van der Waals surface area contributed by atoms with Gasteiger partial charge in [0.15, 0.2) is 0 Å². The van der Waals surface area contributed by atoms with Gasteiger partial charge in [0.1, 0.15) is 11.8 Å². The minimum atomic E-state index is -0.0570. The monoisotopic (exact) mass is 219 g/mol. The third-order valence-corrected chi connectivity index (χ3v) is 2.27. The molecule has 17 heavy (non-hydrogen) atoms. The third kappa shape index (κ3) is 2.45. The van der Waals surface area contributed by atoms with E-state index in [9.17, 15) is 5.11 Å². The fraction of sp³-hybridized carbons (Fsp3) is 0. The summed E-state index contributed by atoms with van der Waals surface area (Å²) in [5.74, 6) is 5.73. The first kappa shape index (κ1) is 10.8. The lowest BCUT2D eigenvalue weighted by molar-refractivity contribution is 0.472. The van der Waals surface area contributed by atoms with Crippen molar-refractivity contribution in [3.05, 3.63) is 65.2 Å². The SMILES string of the molecule is N#Cc1cccc(C#Cc2ccccc2)c1O. The van der Waals surface area contributed by atoms with Crippen molar-refractivity contribution in [2.24, 2.45) is 0 Å². The van der Waals surface area contributed by atoms with Gasteiger partial charge in [-0.25, -0.2) is 0 Å². The third-order valence-electron chi connectivity index (χ3n) is 2.27. The first-order valence-electron chi connectivity index (χ1n) is 5.10. The molecule has 0 aromatic heterocycles. The Labute approximate surface area is 99.8 Å². The van der Waals surface area contributed by atoms with Gasteiger partial charge in [-0.3, -0.25) is 0 Å². The fourth-order valence-electron chi connectivity index (χ4n) is 1.40. The van der Waals surface area contributed by atoms with E-state index in [0.717, 1.165) is 5.56 Å². The van der Waals surface area contributed by atoms with E-state index in [1.54, 1.807) is 18.2 Å². The first-order valence-corrected chi connectivity index (χ1v) is 5.10. The van der Waals surface area contributed by atoms with Gasteiger partial charge < -0.3 is 5.11 Å². The molecule has 2 aromatic rings. The Hall–Kier alpha value is -2.71. The number of aromatic hydroxyl groups is 1. The summed E-state index contributed by atoms with van der Waals surface area (Å²) in [7, 11) is 0. The zero-order valence-electron chi connectivity index (χ0n) is 9.01. The number of phenols is 1. The van der Waals surface area contributed by atoms with Gasteiger partial charge >= 0.3 is 0 Å². The predicted octanol–water partition coefficient (Wildman–Crippen LogP) is 2.66. The lowest BCUT2D eigenvalue weighted by Crippen LogP contribution is -1.82. The van der Waals surface area contributed by atoms with Crippen LogP contribution in [0.15, 0.2) is 48.5 Å². The van der Waals surface area contributed by atoms with Gasteiger partial charge in [-0.05, 0) is 24.3 Å². The number of para-hydroxylation sites is 1. The van der Waals surface area contributed by atoms with Gasteiger partial charge in [-0.2, -0.15) is 5.26 Å². The Bertz CT molecular complexity index is 627. The highest BCUT2D eigenvalue weighted by Crippen LogP contribution is 2.20. The van der Waals surface area contributed by atoms with Crippen LogP contribution in [0.25, 0.3) is 0 Å². The van der Waals surface area contributed by atoms with E-state index in [4.69, 9.17) is 5.26 Å². The molecule has 0 fully saturated rings. The van der Waals surface area contributed by atoms with Crippen LogP contribution >= 0.6 is 0 Å². The molecule has 0 radical (unpaired) electrons. The van der Waals surface area contributed by atoms with Crippen LogP contribution in [0.3, 0.4) is 0 Å². The maximum Gasteiger partial charge on any atom is 0.148 e. The second kappa shape index (κ2) is 4.88. The zero-order valence-corrected chi connectivity index (χ0v) is 9.01. The average molecular weight is 219 g/mol. The van der Waals surface area contributed by atoms with Crippen molar-refractivity contribution in [3.63, 3.8) is 0 Å². The highest BCUT2D eigenvalue weighted by atomic mass is 16.3. The van der Waals surface area contributed by atoms with Crippen LogP contribution in [0.2, 0.25) is 0 Å². The molecule has 0 atom stereocenters. The molecule has 0 saturated heterocycles. The van der Waals surface area contributed by atoms with Crippen LogP contribution in [-0.2, 0) is 0 Å². The summed E-state index contributed by atoms with van der Waals surface area (Å²) in [6, 6.07) is 16.3. The minimum absolute atomic E-state index is 0.0570. The molecule has 0 saturated carbocycles. The number of hydrogen-bond donors (Lipinski definition) is 1. The molecule has 0 aliphatic heterocycles. The molecule has 0 heterocycles. The average Bonchev–Trinajstić information content (AvgIpc) is 2.39. The Morgan fingerprint density at radius 1 is 0.824 bits per heavy atom. The summed E-state index contributed by atoms with van der Waals surface area (Å²) in [6.45, 7) is 0. The van der Waals surface area contributed by atoms with Gasteiger partial charge in [0.25, 0.3) is 0 Å². The summed E-state index contributed by atoms with van der Waals surface area (Å²) in [5, 5.41) is 18.5. The molecule has 0 spiro atoms. The highest BCUT2D eigenvalue weighted by molar-refractivity contribution is 5.55. The second-order valence-corrected chi connectivity index (χ2v) is 3.43. The van der Waals surface area contributed by atoms with Crippen LogP contribution in [0.4, 0.5) is 0 Å². The standard InChI is InChI=1S/C15H9NO/c16-11-14-8-4-7-13(15(14)17)10-9-12-5-2-1-3-6-12/h1-8,17H. The fourth-order valence-corrected chi connectivity index (χ4v) is 1.40. The van der Waals surface area contributed by atoms with Crippen molar-refractivity contribution >= 4 is 0 Å². The van der Waals surface area contributed by atoms with Crippen LogP contribution in [0, 0.1) is 23.2 Å². The lowest BCUT2D eigenvalue weighted by atomic mass is 10.1. The van der Waals surface area contributed by atoms with Crippen molar-refractivity contribution in [2.45, 2.75) is 0 Å². The molecule has 0 aliphatic rings. The van der Waals surface area contributed by atoms with Gasteiger partial charge in [0.05, 0.1) is 11.1 Å². The van der Waals surface area contributed by atoms with E-state index in [-0.39, 0.29) is 11.3 Å². The molecule has 0 aliphatic carbocycles. The van der Waals surface area contributed by atoms with Crippen molar-refractivity contribution in [3.8, 4) is 23.7 Å². The first-order chi connectivity index (χ1) is 8.31. The van der Waals surface area contributed by atoms with E-state index >= 15 is 0 Å². The van der Waals surface area contributed by atoms with Gasteiger partial charge in [0, 0.05) is 5.56 Å². The number of benzene rings is 2. The molecular weight excluding hydrogens is 210 g/mol. The van der Waals surface area contributed by atoms with Crippen molar-refractivity contribution < 1.29 is 5.11 Å². The zero-order chi connectivity index (χ0) is 12.1. The second-order valence-electron chi connectivity index (χ2n) is 3.43. The maximum absolute atomic E-state index is 9.74. The van der Waals surface area contributed by atoms with Crippen LogP contribution < -0.4 is 0 Å². The van der Waals surface area contributed by atoms with E-state index in [1.807, 2.05) is 36.4 Å². The number of phenolic OH excluding ortho intramolecular Hbond substituents is 1. The van der Waals surface area contributed by atoms with E-state index < -0.39 is 0 Å². The van der Waals surface area contributed by atoms with Gasteiger partial charge in [-0.1, -0.05) is 36.1 Å². The predicted molar refractivity (Wildman–Crippen MR) is 65.2 cm³/mol. The normalized spacial score (nSPS) is 8.88. The van der Waals surface area contributed by atoms with Gasteiger partial charge in [-0.15, -0.1) is 0 Å². The Morgan fingerprint density at radius 3 is 2.24 bits per heavy atom. The number of nitriles is 1. The molecule has 1 N–H and O–H groups in total. The molecule has 2 nitrogen and oxygen atoms in total. The van der Waals surface area contributed by atoms with E-state index in [2.05, 4.69) is 11.8 Å². The molecule has 2 heteroatoms. The maximum atomic E-state index is 9.74. The topological polar surface area (TPSA) is 44.0 Å². The van der Waals surface area contributed by atoms with E-state index in [0.29, 0.717) is 5.56 Å². The quantitative estimate of drug-likeness (QED) is 0.692. The Kier molecular flexibility index (Phi) is 3.10. The molecule has 0 unspecified atom stereocenters. The van der Waals surface area contributed by atoms with Crippen LogP contribution in [-0.4, -0.2) is 5.11 Å². The van der Waals surface area contributed by atoms with Crippen molar-refractivity contribution in [2.75, 3.05) is 0 Å². The van der Waals surface area contributed by atoms with Crippen LogP contribution in [0.5, 0.6) is 5.75 Å². The van der Waals surface area contributed by atoms with Crippen LogP contribution in [0.1, 0.15) is 16.7 Å². The van der Waals surface area contributed by atoms with Crippen molar-refractivity contribution in [1.29, 1.82) is 5.26 Å². The highest BCUT2D eigenvalue weighted by Gasteiger charge is 2.03. The molecule has 0 bridgehead atoms. The summed E-state index contributed by atoms with van der Waals surface area (Å²) in [5.41, 5.74) is 1.58. The molecule has 2 rings (SSSR count). The summed E-state index contributed by atoms with van der Waals surface area (Å²) < 4.78 is 0. The lowest BCUT2D eigenvalue weighted by Gasteiger charge is -1.97. The smallest absolute Gasteiger partial charge is 0.148 e. The summed E-state index contributed by atoms with van der Waals surface area (Å²) >= 11 is 0. The number of rotatable bonds is 0. The largest absolute Gasteiger partial charge is 0.505 e. The van der Waals surface area contributed by atoms with Crippen molar-refractivity contribution in [1.82, 2.24) is 0 Å². The summed E-state index contributed by atoms with van der Waals surface area (Å²) in [4.78, 5) is 0. The number of hydrogen-bond acceptors (Lipinski definition) is 2. The minimum Gasteiger partial charge on any atom is -0.505 e. The Morgan fingerprint density at radius 2 is 1.53 bits per heavy atom. The van der Waals surface area contributed by atoms with Gasteiger partial charge in [0.2, 0.25) is 0 Å². The Balaban J connectivity index is 2.39. The summed E-state index contributed by atoms with van der Waals surface area (Å²) in [6.07, 6.45) is 0.